The highest BCUT2D eigenvalue weighted by Gasteiger charge is 2.27. The summed E-state index contributed by atoms with van der Waals surface area (Å²) in [5, 5.41) is 7.15. The number of anilines is 1. The number of carbonyl (C=O) groups excluding carboxylic acids is 2. The number of ether oxygens (including phenoxy) is 1. The third-order valence-electron chi connectivity index (χ3n) is 5.17. The molecule has 2 amide bonds. The minimum atomic E-state index is -0.0912. The second-order valence-corrected chi connectivity index (χ2v) is 9.11. The largest absolute Gasteiger partial charge is 0.497 e. The van der Waals surface area contributed by atoms with Crippen LogP contribution in [0.15, 0.2) is 47.2 Å². The molecule has 3 aromatic rings. The van der Waals surface area contributed by atoms with Crippen molar-refractivity contribution in [3.05, 3.63) is 63.3 Å². The maximum Gasteiger partial charge on any atom is 0.231 e. The molecular formula is C22H23N3O3S2. The van der Waals surface area contributed by atoms with Gasteiger partial charge in [0.05, 0.1) is 25.6 Å². The molecule has 156 valence electrons. The zero-order valence-corrected chi connectivity index (χ0v) is 18.3. The molecule has 0 bridgehead atoms. The van der Waals surface area contributed by atoms with Crippen LogP contribution in [0.1, 0.15) is 28.5 Å². The summed E-state index contributed by atoms with van der Waals surface area (Å²) in [6, 6.07) is 11.9. The van der Waals surface area contributed by atoms with Gasteiger partial charge in [-0.25, -0.2) is 4.98 Å². The first-order chi connectivity index (χ1) is 14.6. The Morgan fingerprint density at radius 2 is 2.03 bits per heavy atom. The van der Waals surface area contributed by atoms with Crippen molar-refractivity contribution < 1.29 is 14.3 Å². The van der Waals surface area contributed by atoms with E-state index in [4.69, 9.17) is 4.74 Å². The number of aromatic nitrogens is 1. The third-order valence-corrected chi connectivity index (χ3v) is 6.86. The van der Waals surface area contributed by atoms with Crippen LogP contribution in [-0.2, 0) is 22.4 Å². The fourth-order valence-electron chi connectivity index (χ4n) is 3.58. The second-order valence-electron chi connectivity index (χ2n) is 7.22. The van der Waals surface area contributed by atoms with E-state index >= 15 is 0 Å². The van der Waals surface area contributed by atoms with E-state index in [9.17, 15) is 9.59 Å². The first-order valence-electron chi connectivity index (χ1n) is 9.79. The van der Waals surface area contributed by atoms with Gasteiger partial charge in [0, 0.05) is 29.3 Å². The summed E-state index contributed by atoms with van der Waals surface area (Å²) in [7, 11) is 1.66. The van der Waals surface area contributed by atoms with Gasteiger partial charge in [-0.15, -0.1) is 22.7 Å². The van der Waals surface area contributed by atoms with Gasteiger partial charge < -0.3 is 15.0 Å². The molecule has 0 saturated carbocycles. The first-order valence-corrected chi connectivity index (χ1v) is 11.5. The van der Waals surface area contributed by atoms with Gasteiger partial charge in [-0.2, -0.15) is 0 Å². The molecule has 1 aromatic carbocycles. The number of hydrogen-bond acceptors (Lipinski definition) is 6. The van der Waals surface area contributed by atoms with E-state index in [1.54, 1.807) is 18.4 Å². The maximum atomic E-state index is 12.7. The normalized spacial score (nSPS) is 15.9. The number of amides is 2. The zero-order valence-electron chi connectivity index (χ0n) is 16.7. The van der Waals surface area contributed by atoms with Crippen LogP contribution in [0.2, 0.25) is 0 Å². The van der Waals surface area contributed by atoms with Crippen molar-refractivity contribution in [2.45, 2.75) is 25.2 Å². The molecule has 1 aliphatic heterocycles. The number of carbonyl (C=O) groups is 2. The molecule has 1 atom stereocenters. The predicted octanol–water partition coefficient (Wildman–Crippen LogP) is 3.95. The summed E-state index contributed by atoms with van der Waals surface area (Å²) < 4.78 is 5.21. The molecule has 1 fully saturated rings. The van der Waals surface area contributed by atoms with Crippen LogP contribution in [0.3, 0.4) is 0 Å². The lowest BCUT2D eigenvalue weighted by Crippen LogP contribution is -2.30. The van der Waals surface area contributed by atoms with E-state index in [-0.39, 0.29) is 18.2 Å². The number of nitrogens with zero attached hydrogens (tertiary/aromatic N) is 2. The van der Waals surface area contributed by atoms with Gasteiger partial charge in [0.15, 0.2) is 5.13 Å². The zero-order chi connectivity index (χ0) is 20.9. The highest BCUT2D eigenvalue weighted by atomic mass is 32.1. The lowest BCUT2D eigenvalue weighted by atomic mass is 9.98. The average Bonchev–Trinajstić information content (AvgIpc) is 3.50. The molecule has 8 heteroatoms. The van der Waals surface area contributed by atoms with E-state index in [1.165, 1.54) is 16.9 Å². The Bertz CT molecular complexity index is 999. The summed E-state index contributed by atoms with van der Waals surface area (Å²) in [6.07, 6.45) is 1.55. The average molecular weight is 442 g/mol. The number of nitrogens with one attached hydrogen (secondary N) is 1. The maximum absolute atomic E-state index is 12.7. The smallest absolute Gasteiger partial charge is 0.231 e. The van der Waals surface area contributed by atoms with Gasteiger partial charge in [-0.3, -0.25) is 9.59 Å². The molecule has 1 N–H and O–H groups in total. The summed E-state index contributed by atoms with van der Waals surface area (Å²) >= 11 is 2.91. The summed E-state index contributed by atoms with van der Waals surface area (Å²) in [5.41, 5.74) is 1.93. The Kier molecular flexibility index (Phi) is 6.44. The van der Waals surface area contributed by atoms with E-state index in [1.807, 2.05) is 39.9 Å². The van der Waals surface area contributed by atoms with E-state index in [0.717, 1.165) is 30.1 Å². The van der Waals surface area contributed by atoms with Gasteiger partial charge in [-0.1, -0.05) is 18.2 Å². The number of rotatable bonds is 7. The molecule has 0 spiro atoms. The minimum Gasteiger partial charge on any atom is -0.497 e. The molecule has 30 heavy (non-hydrogen) atoms. The van der Waals surface area contributed by atoms with Crippen molar-refractivity contribution in [3.63, 3.8) is 0 Å². The molecule has 0 aliphatic carbocycles. The van der Waals surface area contributed by atoms with Gasteiger partial charge in [0.2, 0.25) is 11.8 Å². The molecule has 3 heterocycles. The lowest BCUT2D eigenvalue weighted by Gasteiger charge is -2.16. The monoisotopic (exact) mass is 441 g/mol. The van der Waals surface area contributed by atoms with Crippen molar-refractivity contribution in [1.82, 2.24) is 9.88 Å². The number of thiophene rings is 1. The summed E-state index contributed by atoms with van der Waals surface area (Å²) in [6.45, 7) is 1.48. The third kappa shape index (κ3) is 5.06. The Labute approximate surface area is 183 Å². The fraction of sp³-hybridized carbons (Fsp3) is 0.318. The Morgan fingerprint density at radius 3 is 2.77 bits per heavy atom. The van der Waals surface area contributed by atoms with Crippen molar-refractivity contribution in [2.24, 2.45) is 0 Å². The highest BCUT2D eigenvalue weighted by molar-refractivity contribution is 7.14. The topological polar surface area (TPSA) is 71.5 Å². The van der Waals surface area contributed by atoms with Crippen LogP contribution in [0.25, 0.3) is 0 Å². The molecule has 1 aliphatic rings. The molecule has 1 unspecified atom stereocenters. The number of benzene rings is 1. The Hall–Kier alpha value is -2.71. The fourth-order valence-corrected chi connectivity index (χ4v) is 5.01. The van der Waals surface area contributed by atoms with Gasteiger partial charge in [0.1, 0.15) is 5.75 Å². The van der Waals surface area contributed by atoms with Gasteiger partial charge in [0.25, 0.3) is 0 Å². The standard InChI is InChI=1S/C22H23N3O3S2/c1-28-18-6-4-15(5-7-18)16-8-9-25(13-16)21(27)11-17-14-30-22(23-17)24-20(26)12-19-3-2-10-29-19/h2-7,10,14,16H,8-9,11-13H2,1H3,(H,23,24,26). The minimum absolute atomic E-state index is 0.0766. The van der Waals surface area contributed by atoms with Gasteiger partial charge in [-0.05, 0) is 35.6 Å². The summed E-state index contributed by atoms with van der Waals surface area (Å²) in [5.74, 6) is 1.17. The SMILES string of the molecule is COc1ccc(C2CCN(C(=O)Cc3csc(NC(=O)Cc4cccs4)n3)C2)cc1. The number of hydrogen-bond donors (Lipinski definition) is 1. The second kappa shape index (κ2) is 9.40. The van der Waals surface area contributed by atoms with E-state index in [0.29, 0.717) is 23.2 Å². The highest BCUT2D eigenvalue weighted by Crippen LogP contribution is 2.29. The van der Waals surface area contributed by atoms with Crippen LogP contribution < -0.4 is 10.1 Å². The van der Waals surface area contributed by atoms with Crippen LogP contribution in [0, 0.1) is 0 Å². The number of likely N-dealkylation sites (tertiary alicyclic amines) is 1. The predicted molar refractivity (Wildman–Crippen MR) is 119 cm³/mol. The van der Waals surface area contributed by atoms with E-state index < -0.39 is 0 Å². The van der Waals surface area contributed by atoms with Crippen LogP contribution >= 0.6 is 22.7 Å². The molecular weight excluding hydrogens is 418 g/mol. The van der Waals surface area contributed by atoms with Gasteiger partial charge >= 0.3 is 0 Å². The van der Waals surface area contributed by atoms with Crippen molar-refractivity contribution in [3.8, 4) is 5.75 Å². The van der Waals surface area contributed by atoms with Crippen molar-refractivity contribution >= 4 is 39.6 Å². The van der Waals surface area contributed by atoms with Crippen molar-refractivity contribution in [1.29, 1.82) is 0 Å². The van der Waals surface area contributed by atoms with Crippen molar-refractivity contribution in [2.75, 3.05) is 25.5 Å². The Balaban J connectivity index is 1.28. The summed E-state index contributed by atoms with van der Waals surface area (Å²) in [4.78, 5) is 32.2. The molecule has 0 radical (unpaired) electrons. The lowest BCUT2D eigenvalue weighted by molar-refractivity contribution is -0.129. The van der Waals surface area contributed by atoms with Crippen LogP contribution in [-0.4, -0.2) is 41.9 Å². The number of thiazole rings is 1. The van der Waals surface area contributed by atoms with E-state index in [2.05, 4.69) is 22.4 Å². The van der Waals surface area contributed by atoms with Crippen LogP contribution in [0.4, 0.5) is 5.13 Å². The molecule has 2 aromatic heterocycles. The number of methoxy groups -OCH3 is 1. The Morgan fingerprint density at radius 1 is 1.20 bits per heavy atom. The molecule has 6 nitrogen and oxygen atoms in total. The molecule has 1 saturated heterocycles. The first kappa shape index (κ1) is 20.6. The quantitative estimate of drug-likeness (QED) is 0.603. The molecule has 4 rings (SSSR count). The van der Waals surface area contributed by atoms with Crippen LogP contribution in [0.5, 0.6) is 5.75 Å².